The topological polar surface area (TPSA) is 63.5 Å². The van der Waals surface area contributed by atoms with Gasteiger partial charge in [0.2, 0.25) is 0 Å². The van der Waals surface area contributed by atoms with Gasteiger partial charge in [-0.1, -0.05) is 6.92 Å². The Labute approximate surface area is 112 Å². The van der Waals surface area contributed by atoms with Crippen molar-refractivity contribution in [2.75, 3.05) is 18.0 Å². The van der Waals surface area contributed by atoms with Gasteiger partial charge < -0.3 is 4.90 Å². The predicted molar refractivity (Wildman–Crippen MR) is 73.7 cm³/mol. The van der Waals surface area contributed by atoms with Gasteiger partial charge in [0.1, 0.15) is 5.69 Å². The number of benzene rings is 1. The first-order valence-electron chi connectivity index (χ1n) is 6.53. The molecular weight excluding hydrogens is 244 g/mol. The molecule has 0 radical (unpaired) electrons. The lowest BCUT2D eigenvalue weighted by Crippen LogP contribution is -2.33. The molecule has 0 unspecified atom stereocenters. The van der Waals surface area contributed by atoms with Crippen molar-refractivity contribution in [3.05, 3.63) is 33.9 Å². The molecule has 5 nitrogen and oxygen atoms in total. The third kappa shape index (κ3) is 2.92. The molecule has 1 saturated heterocycles. The molecule has 1 fully saturated rings. The second-order valence-corrected chi connectivity index (χ2v) is 5.19. The van der Waals surface area contributed by atoms with Gasteiger partial charge in [-0.25, -0.2) is 0 Å². The molecular formula is C14H18N2O3. The van der Waals surface area contributed by atoms with Crippen LogP contribution in [0.1, 0.15) is 37.0 Å². The van der Waals surface area contributed by atoms with E-state index in [1.807, 2.05) is 4.90 Å². The molecule has 5 heteroatoms. The van der Waals surface area contributed by atoms with Gasteiger partial charge in [0.25, 0.3) is 5.69 Å². The van der Waals surface area contributed by atoms with Crippen molar-refractivity contribution in [2.45, 2.75) is 26.7 Å². The van der Waals surface area contributed by atoms with Crippen molar-refractivity contribution in [1.82, 2.24) is 0 Å². The van der Waals surface area contributed by atoms with E-state index in [-0.39, 0.29) is 11.5 Å². The van der Waals surface area contributed by atoms with Gasteiger partial charge in [-0.3, -0.25) is 14.9 Å². The van der Waals surface area contributed by atoms with Crippen LogP contribution in [0, 0.1) is 16.0 Å². The number of ketones is 1. The molecule has 2 rings (SSSR count). The van der Waals surface area contributed by atoms with Crippen LogP contribution in [0.4, 0.5) is 11.4 Å². The number of hydrogen-bond acceptors (Lipinski definition) is 4. The molecule has 0 saturated carbocycles. The van der Waals surface area contributed by atoms with Crippen LogP contribution in [0.15, 0.2) is 18.2 Å². The van der Waals surface area contributed by atoms with Crippen LogP contribution >= 0.6 is 0 Å². The van der Waals surface area contributed by atoms with Crippen LogP contribution in [0.2, 0.25) is 0 Å². The molecule has 0 spiro atoms. The van der Waals surface area contributed by atoms with Crippen LogP contribution in [0.25, 0.3) is 0 Å². The SMILES string of the molecule is CC(=O)c1ccc(N2CCC(C)CC2)c([N+](=O)[O-])c1. The molecule has 1 heterocycles. The van der Waals surface area contributed by atoms with Gasteiger partial charge in [-0.2, -0.15) is 0 Å². The first kappa shape index (κ1) is 13.5. The zero-order valence-corrected chi connectivity index (χ0v) is 11.3. The van der Waals surface area contributed by atoms with Crippen molar-refractivity contribution in [1.29, 1.82) is 0 Å². The average Bonchev–Trinajstić information content (AvgIpc) is 2.38. The van der Waals surface area contributed by atoms with Crippen LogP contribution in [0.3, 0.4) is 0 Å². The zero-order valence-electron chi connectivity index (χ0n) is 11.3. The van der Waals surface area contributed by atoms with Gasteiger partial charge >= 0.3 is 0 Å². The molecule has 1 aliphatic heterocycles. The summed E-state index contributed by atoms with van der Waals surface area (Å²) in [6, 6.07) is 4.75. The number of hydrogen-bond donors (Lipinski definition) is 0. The van der Waals surface area contributed by atoms with Crippen LogP contribution in [-0.4, -0.2) is 23.8 Å². The maximum Gasteiger partial charge on any atom is 0.293 e. The van der Waals surface area contributed by atoms with E-state index in [9.17, 15) is 14.9 Å². The van der Waals surface area contributed by atoms with Crippen LogP contribution in [0.5, 0.6) is 0 Å². The summed E-state index contributed by atoms with van der Waals surface area (Å²) in [7, 11) is 0. The fourth-order valence-electron chi connectivity index (χ4n) is 2.41. The fourth-order valence-corrected chi connectivity index (χ4v) is 2.41. The number of rotatable bonds is 3. The molecule has 0 N–H and O–H groups in total. The fraction of sp³-hybridized carbons (Fsp3) is 0.500. The number of nitro benzene ring substituents is 1. The number of nitrogens with zero attached hydrogens (tertiary/aromatic N) is 2. The molecule has 1 aliphatic rings. The average molecular weight is 262 g/mol. The quantitative estimate of drug-likeness (QED) is 0.477. The summed E-state index contributed by atoms with van der Waals surface area (Å²) in [6.07, 6.45) is 2.09. The van der Waals surface area contributed by atoms with E-state index in [0.717, 1.165) is 25.9 Å². The molecule has 102 valence electrons. The second-order valence-electron chi connectivity index (χ2n) is 5.19. The van der Waals surface area contributed by atoms with Crippen LogP contribution < -0.4 is 4.90 Å². The highest BCUT2D eigenvalue weighted by atomic mass is 16.6. The Kier molecular flexibility index (Phi) is 3.83. The number of Topliss-reactive ketones (excluding diaryl/α,β-unsaturated/α-hetero) is 1. The van der Waals surface area contributed by atoms with Crippen molar-refractivity contribution in [3.63, 3.8) is 0 Å². The van der Waals surface area contributed by atoms with E-state index < -0.39 is 4.92 Å². The molecule has 0 bridgehead atoms. The summed E-state index contributed by atoms with van der Waals surface area (Å²) < 4.78 is 0. The molecule has 0 atom stereocenters. The summed E-state index contributed by atoms with van der Waals surface area (Å²) >= 11 is 0. The number of nitro groups is 1. The van der Waals surface area contributed by atoms with Gasteiger partial charge in [-0.05, 0) is 37.8 Å². The Hall–Kier alpha value is -1.91. The first-order chi connectivity index (χ1) is 8.99. The molecule has 0 aromatic heterocycles. The third-order valence-electron chi connectivity index (χ3n) is 3.70. The lowest BCUT2D eigenvalue weighted by molar-refractivity contribution is -0.384. The normalized spacial score (nSPS) is 16.4. The minimum Gasteiger partial charge on any atom is -0.366 e. The standard InChI is InChI=1S/C14H18N2O3/c1-10-5-7-15(8-6-10)13-4-3-12(11(2)17)9-14(13)16(18)19/h3-4,9-10H,5-8H2,1-2H3. The number of anilines is 1. The Morgan fingerprint density at radius 2 is 2.00 bits per heavy atom. The highest BCUT2D eigenvalue weighted by molar-refractivity contribution is 5.95. The highest BCUT2D eigenvalue weighted by Crippen LogP contribution is 2.32. The van der Waals surface area contributed by atoms with Crippen molar-refractivity contribution >= 4 is 17.2 Å². The molecule has 1 aromatic carbocycles. The van der Waals surface area contributed by atoms with Gasteiger partial charge in [0.05, 0.1) is 4.92 Å². The summed E-state index contributed by atoms with van der Waals surface area (Å²) in [6.45, 7) is 5.29. The zero-order chi connectivity index (χ0) is 14.0. The van der Waals surface area contributed by atoms with Crippen LogP contribution in [-0.2, 0) is 0 Å². The van der Waals surface area contributed by atoms with Crippen molar-refractivity contribution in [2.24, 2.45) is 5.92 Å². The Morgan fingerprint density at radius 3 is 2.53 bits per heavy atom. The smallest absolute Gasteiger partial charge is 0.293 e. The first-order valence-corrected chi connectivity index (χ1v) is 6.53. The second kappa shape index (κ2) is 5.38. The molecule has 19 heavy (non-hydrogen) atoms. The Balaban J connectivity index is 2.34. The lowest BCUT2D eigenvalue weighted by atomic mass is 9.98. The largest absolute Gasteiger partial charge is 0.366 e. The summed E-state index contributed by atoms with van der Waals surface area (Å²) in [5.74, 6) is 0.522. The summed E-state index contributed by atoms with van der Waals surface area (Å²) in [5, 5.41) is 11.2. The summed E-state index contributed by atoms with van der Waals surface area (Å²) in [4.78, 5) is 24.1. The third-order valence-corrected chi connectivity index (χ3v) is 3.70. The van der Waals surface area contributed by atoms with E-state index >= 15 is 0 Å². The number of carbonyl (C=O) groups is 1. The van der Waals surface area contributed by atoms with E-state index in [0.29, 0.717) is 17.2 Å². The Bertz CT molecular complexity index is 505. The molecule has 0 amide bonds. The van der Waals surface area contributed by atoms with E-state index in [1.54, 1.807) is 12.1 Å². The maximum absolute atomic E-state index is 11.3. The van der Waals surface area contributed by atoms with E-state index in [1.165, 1.54) is 13.0 Å². The summed E-state index contributed by atoms with van der Waals surface area (Å²) in [5.41, 5.74) is 1.05. The highest BCUT2D eigenvalue weighted by Gasteiger charge is 2.24. The van der Waals surface area contributed by atoms with Crippen molar-refractivity contribution in [3.8, 4) is 0 Å². The monoisotopic (exact) mass is 262 g/mol. The van der Waals surface area contributed by atoms with Gasteiger partial charge in [-0.15, -0.1) is 0 Å². The number of piperidine rings is 1. The van der Waals surface area contributed by atoms with E-state index in [4.69, 9.17) is 0 Å². The maximum atomic E-state index is 11.3. The van der Waals surface area contributed by atoms with E-state index in [2.05, 4.69) is 6.92 Å². The Morgan fingerprint density at radius 1 is 1.37 bits per heavy atom. The lowest BCUT2D eigenvalue weighted by Gasteiger charge is -2.31. The van der Waals surface area contributed by atoms with Gasteiger partial charge in [0.15, 0.2) is 5.78 Å². The minimum absolute atomic E-state index is 0.0299. The van der Waals surface area contributed by atoms with Gasteiger partial charge in [0, 0.05) is 24.7 Å². The predicted octanol–water partition coefficient (Wildman–Crippen LogP) is 3.03. The minimum atomic E-state index is -0.403. The number of carbonyl (C=O) groups excluding carboxylic acids is 1. The molecule has 0 aliphatic carbocycles. The molecule has 1 aromatic rings. The van der Waals surface area contributed by atoms with Crippen molar-refractivity contribution < 1.29 is 9.72 Å².